The number of aromatic nitrogens is 6. The number of nitrogens with one attached hydrogen (secondary N) is 1. The van der Waals surface area contributed by atoms with Crippen LogP contribution in [0.4, 0.5) is 0 Å². The van der Waals surface area contributed by atoms with Crippen molar-refractivity contribution in [1.29, 1.82) is 0 Å². The number of hydrogen-bond donors (Lipinski definition) is 1. The molecule has 126 valence electrons. The lowest BCUT2D eigenvalue weighted by atomic mass is 10.1. The molecule has 1 unspecified atom stereocenters. The molecular weight excluding hydrogens is 324 g/mol. The van der Waals surface area contributed by atoms with E-state index in [1.165, 1.54) is 7.11 Å². The fraction of sp³-hybridized carbons (Fsp3) is 0.188. The third-order valence-electron chi connectivity index (χ3n) is 4.15. The molecule has 9 heteroatoms. The molecule has 0 aromatic carbocycles. The first kappa shape index (κ1) is 15.1. The molecular formula is C16H14N6O3. The van der Waals surface area contributed by atoms with Crippen LogP contribution in [0.25, 0.3) is 16.9 Å². The Labute approximate surface area is 141 Å². The number of rotatable bonds is 3. The van der Waals surface area contributed by atoms with E-state index in [4.69, 9.17) is 4.74 Å². The first-order valence-electron chi connectivity index (χ1n) is 7.58. The van der Waals surface area contributed by atoms with Crippen LogP contribution in [0.2, 0.25) is 0 Å². The van der Waals surface area contributed by atoms with Crippen LogP contribution >= 0.6 is 0 Å². The number of hydrogen-bond acceptors (Lipinski definition) is 6. The predicted molar refractivity (Wildman–Crippen MR) is 87.6 cm³/mol. The van der Waals surface area contributed by atoms with Gasteiger partial charge in [0.25, 0.3) is 5.56 Å². The van der Waals surface area contributed by atoms with Crippen molar-refractivity contribution in [3.8, 4) is 11.3 Å². The van der Waals surface area contributed by atoms with E-state index in [0.29, 0.717) is 17.0 Å². The van der Waals surface area contributed by atoms with Gasteiger partial charge < -0.3 is 9.30 Å². The highest BCUT2D eigenvalue weighted by Crippen LogP contribution is 2.25. The van der Waals surface area contributed by atoms with E-state index in [1.807, 2.05) is 35.7 Å². The molecule has 0 saturated heterocycles. The van der Waals surface area contributed by atoms with Gasteiger partial charge in [0.05, 0.1) is 18.7 Å². The van der Waals surface area contributed by atoms with Gasteiger partial charge in [0.15, 0.2) is 11.5 Å². The number of methoxy groups -OCH3 is 1. The molecule has 0 bridgehead atoms. The predicted octanol–water partition coefficient (Wildman–Crippen LogP) is 1.11. The minimum absolute atomic E-state index is 0.207. The number of carbonyl (C=O) groups is 1. The lowest BCUT2D eigenvalue weighted by Crippen LogP contribution is -2.16. The third kappa shape index (κ3) is 2.28. The van der Waals surface area contributed by atoms with Crippen LogP contribution in [0.1, 0.15) is 29.1 Å². The fourth-order valence-corrected chi connectivity index (χ4v) is 2.82. The number of H-pyrrole nitrogens is 1. The number of fused-ring (bicyclic) bond motifs is 2. The maximum Gasteiger partial charge on any atom is 0.341 e. The Morgan fingerprint density at radius 1 is 1.28 bits per heavy atom. The molecule has 2 aromatic heterocycles. The molecule has 0 fully saturated rings. The van der Waals surface area contributed by atoms with Crippen LogP contribution in [0.15, 0.2) is 41.6 Å². The van der Waals surface area contributed by atoms with Gasteiger partial charge in [-0.25, -0.2) is 9.89 Å². The molecule has 1 N–H and O–H groups in total. The van der Waals surface area contributed by atoms with Gasteiger partial charge in [0.1, 0.15) is 11.3 Å². The highest BCUT2D eigenvalue weighted by molar-refractivity contribution is 5.95. The number of esters is 1. The number of pyridine rings is 2. The second-order valence-electron chi connectivity index (χ2n) is 5.59. The Kier molecular flexibility index (Phi) is 3.34. The molecule has 0 amide bonds. The molecule has 9 nitrogen and oxygen atoms in total. The van der Waals surface area contributed by atoms with Gasteiger partial charge in [-0.3, -0.25) is 9.20 Å². The number of ether oxygens (including phenoxy) is 1. The first-order valence-corrected chi connectivity index (χ1v) is 7.58. The summed E-state index contributed by atoms with van der Waals surface area (Å²) in [7, 11) is 1.28. The molecule has 2 aliphatic heterocycles. The summed E-state index contributed by atoms with van der Waals surface area (Å²) in [5.41, 5.74) is 1.15. The molecule has 2 aromatic rings. The van der Waals surface area contributed by atoms with E-state index in [9.17, 15) is 9.59 Å². The van der Waals surface area contributed by atoms with Crippen LogP contribution in [-0.2, 0) is 4.74 Å². The van der Waals surface area contributed by atoms with Gasteiger partial charge in [-0.1, -0.05) is 6.07 Å². The van der Waals surface area contributed by atoms with Crippen LogP contribution in [0.3, 0.4) is 0 Å². The topological polar surface area (TPSA) is 107 Å². The van der Waals surface area contributed by atoms with Crippen molar-refractivity contribution in [2.45, 2.75) is 13.0 Å². The van der Waals surface area contributed by atoms with Gasteiger partial charge in [-0.15, -0.1) is 10.2 Å². The van der Waals surface area contributed by atoms with E-state index in [1.54, 1.807) is 17.0 Å². The van der Waals surface area contributed by atoms with E-state index < -0.39 is 5.97 Å². The van der Waals surface area contributed by atoms with Gasteiger partial charge >= 0.3 is 5.97 Å². The van der Waals surface area contributed by atoms with Crippen molar-refractivity contribution >= 4 is 11.6 Å². The van der Waals surface area contributed by atoms with E-state index in [2.05, 4.69) is 20.4 Å². The zero-order valence-corrected chi connectivity index (χ0v) is 13.5. The van der Waals surface area contributed by atoms with Gasteiger partial charge in [0.2, 0.25) is 0 Å². The summed E-state index contributed by atoms with van der Waals surface area (Å²) in [6.45, 7) is 1.90. The molecule has 0 aliphatic carbocycles. The van der Waals surface area contributed by atoms with Crippen LogP contribution in [0.5, 0.6) is 0 Å². The van der Waals surface area contributed by atoms with Gasteiger partial charge in [-0.05, 0) is 19.1 Å². The highest BCUT2D eigenvalue weighted by atomic mass is 16.5. The highest BCUT2D eigenvalue weighted by Gasteiger charge is 2.24. The number of aromatic amines is 1. The number of carbonyl (C=O) groups excluding carboxylic acids is 1. The smallest absolute Gasteiger partial charge is 0.341 e. The second-order valence-corrected chi connectivity index (χ2v) is 5.59. The van der Waals surface area contributed by atoms with Crippen LogP contribution in [-0.4, -0.2) is 42.4 Å². The third-order valence-corrected chi connectivity index (χ3v) is 4.15. The zero-order chi connectivity index (χ0) is 17.6. The van der Waals surface area contributed by atoms with Crippen molar-refractivity contribution in [3.63, 3.8) is 0 Å². The lowest BCUT2D eigenvalue weighted by Gasteiger charge is -2.17. The summed E-state index contributed by atoms with van der Waals surface area (Å²) in [6.07, 6.45) is 5.10. The molecule has 2 aliphatic rings. The monoisotopic (exact) mass is 338 g/mol. The minimum Gasteiger partial charge on any atom is -0.465 e. The van der Waals surface area contributed by atoms with Gasteiger partial charge in [0, 0.05) is 18.6 Å². The molecule has 0 spiro atoms. The Balaban J connectivity index is 1.91. The summed E-state index contributed by atoms with van der Waals surface area (Å²) in [5.74, 6) is 0.107. The van der Waals surface area contributed by atoms with Gasteiger partial charge in [-0.2, -0.15) is 5.10 Å². The molecule has 0 radical (unpaired) electrons. The van der Waals surface area contributed by atoms with E-state index in [0.717, 1.165) is 0 Å². The van der Waals surface area contributed by atoms with Crippen LogP contribution < -0.4 is 5.56 Å². The van der Waals surface area contributed by atoms with Crippen molar-refractivity contribution in [3.05, 3.63) is 58.5 Å². The van der Waals surface area contributed by atoms with Crippen molar-refractivity contribution in [2.24, 2.45) is 0 Å². The standard InChI is InChI=1S/C16H14N6O3/c1-9(14-19-17-12-5-3-4-6-22(12)14)21-7-10-13(18-20-15(10)23)11(8-21)16(24)25-2/h3-9H,1-2H3,(H,20,23). The Bertz CT molecular complexity index is 1110. The molecule has 4 rings (SSSR count). The summed E-state index contributed by atoms with van der Waals surface area (Å²) < 4.78 is 8.39. The maximum absolute atomic E-state index is 12.1. The Morgan fingerprint density at radius 3 is 2.92 bits per heavy atom. The molecule has 0 saturated carbocycles. The SMILES string of the molecule is COC(=O)c1cn(C(C)c2nnc3ccccn23)cc2c(=O)[nH]nc1-2. The Hall–Kier alpha value is -3.49. The molecule has 1 atom stereocenters. The fourth-order valence-electron chi connectivity index (χ4n) is 2.82. The normalized spacial score (nSPS) is 12.6. The molecule has 4 heterocycles. The minimum atomic E-state index is -0.566. The quantitative estimate of drug-likeness (QED) is 0.561. The average Bonchev–Trinajstić information content (AvgIpc) is 3.24. The van der Waals surface area contributed by atoms with E-state index in [-0.39, 0.29) is 22.9 Å². The first-order chi connectivity index (χ1) is 12.1. The summed E-state index contributed by atoms with van der Waals surface area (Å²) in [4.78, 5) is 24.1. The van der Waals surface area contributed by atoms with E-state index >= 15 is 0 Å². The maximum atomic E-state index is 12.1. The summed E-state index contributed by atoms with van der Waals surface area (Å²) in [5, 5.41) is 14.6. The largest absolute Gasteiger partial charge is 0.465 e. The molecule has 25 heavy (non-hydrogen) atoms. The Morgan fingerprint density at radius 2 is 2.12 bits per heavy atom. The van der Waals surface area contributed by atoms with Crippen LogP contribution in [0, 0.1) is 0 Å². The van der Waals surface area contributed by atoms with Crippen molar-refractivity contribution < 1.29 is 9.53 Å². The summed E-state index contributed by atoms with van der Waals surface area (Å²) in [6, 6.07) is 5.33. The number of nitrogens with zero attached hydrogens (tertiary/aromatic N) is 5. The van der Waals surface area contributed by atoms with Crippen molar-refractivity contribution in [2.75, 3.05) is 7.11 Å². The lowest BCUT2D eigenvalue weighted by molar-refractivity contribution is 0.0600. The summed E-state index contributed by atoms with van der Waals surface area (Å²) >= 11 is 0. The average molecular weight is 338 g/mol. The van der Waals surface area contributed by atoms with Crippen molar-refractivity contribution in [1.82, 2.24) is 29.4 Å². The second kappa shape index (κ2) is 5.55. The zero-order valence-electron chi connectivity index (χ0n) is 13.5.